The SMILES string of the molecule is COc1cc(-c2cnn(C)c2C)cnc1Nc1cc(Nc2cc(C)nc(C)n2)ncn1. The van der Waals surface area contributed by atoms with E-state index in [0.29, 0.717) is 34.8 Å². The van der Waals surface area contributed by atoms with E-state index < -0.39 is 0 Å². The van der Waals surface area contributed by atoms with E-state index in [1.165, 1.54) is 6.33 Å². The first-order valence-corrected chi connectivity index (χ1v) is 9.64. The van der Waals surface area contributed by atoms with Gasteiger partial charge in [0.05, 0.1) is 13.3 Å². The first-order valence-electron chi connectivity index (χ1n) is 9.64. The molecule has 4 heterocycles. The highest BCUT2D eigenvalue weighted by Crippen LogP contribution is 2.31. The molecule has 158 valence electrons. The molecule has 0 fully saturated rings. The molecule has 31 heavy (non-hydrogen) atoms. The van der Waals surface area contributed by atoms with Crippen molar-refractivity contribution in [2.24, 2.45) is 7.05 Å². The predicted molar refractivity (Wildman–Crippen MR) is 118 cm³/mol. The smallest absolute Gasteiger partial charge is 0.174 e. The number of methoxy groups -OCH3 is 1. The van der Waals surface area contributed by atoms with Crippen molar-refractivity contribution in [2.75, 3.05) is 17.7 Å². The van der Waals surface area contributed by atoms with Crippen molar-refractivity contribution in [1.29, 1.82) is 0 Å². The third-order valence-electron chi connectivity index (χ3n) is 4.75. The Morgan fingerprint density at radius 3 is 2.32 bits per heavy atom. The van der Waals surface area contributed by atoms with Gasteiger partial charge in [-0.05, 0) is 26.8 Å². The van der Waals surface area contributed by atoms with Crippen LogP contribution in [0.25, 0.3) is 11.1 Å². The van der Waals surface area contributed by atoms with Crippen LogP contribution in [-0.4, -0.2) is 41.8 Å². The van der Waals surface area contributed by atoms with Crippen LogP contribution in [-0.2, 0) is 7.05 Å². The van der Waals surface area contributed by atoms with Gasteiger partial charge < -0.3 is 15.4 Å². The molecule has 10 heteroatoms. The summed E-state index contributed by atoms with van der Waals surface area (Å²) in [5, 5.41) is 10.7. The standard InChI is InChI=1S/C21H23N9O/c1-12-6-20(27-14(3)26-12)28-18-8-19(24-11-23-18)29-21-17(31-5)7-15(9-22-21)16-10-25-30(4)13(16)2/h6-11H,1-5H3,(H2,22,23,24,26,27,28,29). The molecular formula is C21H23N9O. The minimum Gasteiger partial charge on any atom is -0.493 e. The van der Waals surface area contributed by atoms with E-state index in [2.05, 4.69) is 40.7 Å². The molecule has 0 radical (unpaired) electrons. The lowest BCUT2D eigenvalue weighted by Gasteiger charge is -2.12. The Morgan fingerprint density at radius 1 is 0.871 bits per heavy atom. The Hall–Kier alpha value is -4.08. The number of hydrogen-bond acceptors (Lipinski definition) is 9. The van der Waals surface area contributed by atoms with Gasteiger partial charge in [0.15, 0.2) is 11.6 Å². The fourth-order valence-electron chi connectivity index (χ4n) is 3.15. The molecule has 0 atom stereocenters. The summed E-state index contributed by atoms with van der Waals surface area (Å²) < 4.78 is 7.37. The van der Waals surface area contributed by atoms with Crippen LogP contribution in [0.3, 0.4) is 0 Å². The molecule has 0 unspecified atom stereocenters. The predicted octanol–water partition coefficient (Wildman–Crippen LogP) is 3.48. The zero-order chi connectivity index (χ0) is 22.0. The van der Waals surface area contributed by atoms with E-state index in [0.717, 1.165) is 22.5 Å². The molecule has 4 aromatic heterocycles. The van der Waals surface area contributed by atoms with Gasteiger partial charge in [0.2, 0.25) is 0 Å². The molecular weight excluding hydrogens is 394 g/mol. The molecule has 0 spiro atoms. The molecule has 10 nitrogen and oxygen atoms in total. The van der Waals surface area contributed by atoms with Gasteiger partial charge in [-0.2, -0.15) is 5.10 Å². The quantitative estimate of drug-likeness (QED) is 0.486. The first-order chi connectivity index (χ1) is 14.9. The number of nitrogens with one attached hydrogen (secondary N) is 2. The molecule has 4 aromatic rings. The lowest BCUT2D eigenvalue weighted by molar-refractivity contribution is 0.415. The number of hydrogen-bond donors (Lipinski definition) is 2. The minimum absolute atomic E-state index is 0.547. The molecule has 0 bridgehead atoms. The van der Waals surface area contributed by atoms with E-state index in [1.54, 1.807) is 19.4 Å². The van der Waals surface area contributed by atoms with Crippen LogP contribution in [0, 0.1) is 20.8 Å². The largest absolute Gasteiger partial charge is 0.493 e. The highest BCUT2D eigenvalue weighted by molar-refractivity contribution is 5.71. The van der Waals surface area contributed by atoms with Crippen molar-refractivity contribution in [3.63, 3.8) is 0 Å². The maximum absolute atomic E-state index is 5.55. The van der Waals surface area contributed by atoms with Crippen molar-refractivity contribution in [3.05, 3.63) is 54.1 Å². The minimum atomic E-state index is 0.547. The van der Waals surface area contributed by atoms with E-state index in [1.807, 2.05) is 50.8 Å². The molecule has 0 saturated carbocycles. The molecule has 0 amide bonds. The Bertz CT molecular complexity index is 1220. The average Bonchev–Trinajstić information content (AvgIpc) is 3.06. The Labute approximate surface area is 179 Å². The Kier molecular flexibility index (Phi) is 5.44. The van der Waals surface area contributed by atoms with Gasteiger partial charge in [0, 0.05) is 47.9 Å². The number of ether oxygens (including phenoxy) is 1. The normalized spacial score (nSPS) is 10.7. The number of aromatic nitrogens is 7. The molecule has 0 aliphatic heterocycles. The zero-order valence-corrected chi connectivity index (χ0v) is 18.0. The molecule has 0 aliphatic carbocycles. The summed E-state index contributed by atoms with van der Waals surface area (Å²) in [6.45, 7) is 5.78. The molecule has 4 rings (SSSR count). The van der Waals surface area contributed by atoms with Gasteiger partial charge in [-0.1, -0.05) is 0 Å². The summed E-state index contributed by atoms with van der Waals surface area (Å²) in [7, 11) is 3.51. The summed E-state index contributed by atoms with van der Waals surface area (Å²) in [4.78, 5) is 21.7. The van der Waals surface area contributed by atoms with Gasteiger partial charge in [0.25, 0.3) is 0 Å². The van der Waals surface area contributed by atoms with Crippen LogP contribution in [0.1, 0.15) is 17.2 Å². The van der Waals surface area contributed by atoms with Crippen molar-refractivity contribution in [1.82, 2.24) is 34.7 Å². The van der Waals surface area contributed by atoms with Crippen molar-refractivity contribution in [3.8, 4) is 16.9 Å². The van der Waals surface area contributed by atoms with Crippen LogP contribution in [0.2, 0.25) is 0 Å². The number of rotatable bonds is 6. The summed E-state index contributed by atoms with van der Waals surface area (Å²) in [6.07, 6.45) is 5.06. The first kappa shape index (κ1) is 20.2. The van der Waals surface area contributed by atoms with Crippen molar-refractivity contribution < 1.29 is 4.74 Å². The van der Waals surface area contributed by atoms with Crippen LogP contribution >= 0.6 is 0 Å². The second-order valence-corrected chi connectivity index (χ2v) is 7.02. The van der Waals surface area contributed by atoms with E-state index in [-0.39, 0.29) is 0 Å². The number of pyridine rings is 1. The van der Waals surface area contributed by atoms with Gasteiger partial charge in [-0.15, -0.1) is 0 Å². The summed E-state index contributed by atoms with van der Waals surface area (Å²) in [6, 6.07) is 5.55. The summed E-state index contributed by atoms with van der Waals surface area (Å²) in [5.41, 5.74) is 3.85. The van der Waals surface area contributed by atoms with Crippen molar-refractivity contribution in [2.45, 2.75) is 20.8 Å². The van der Waals surface area contributed by atoms with Gasteiger partial charge in [-0.25, -0.2) is 24.9 Å². The third kappa shape index (κ3) is 4.42. The Morgan fingerprint density at radius 2 is 1.65 bits per heavy atom. The third-order valence-corrected chi connectivity index (χ3v) is 4.75. The molecule has 0 aromatic carbocycles. The highest BCUT2D eigenvalue weighted by Gasteiger charge is 2.13. The summed E-state index contributed by atoms with van der Waals surface area (Å²) >= 11 is 0. The van der Waals surface area contributed by atoms with Gasteiger partial charge in [0.1, 0.15) is 29.6 Å². The van der Waals surface area contributed by atoms with E-state index >= 15 is 0 Å². The molecule has 2 N–H and O–H groups in total. The monoisotopic (exact) mass is 417 g/mol. The lowest BCUT2D eigenvalue weighted by atomic mass is 10.1. The second-order valence-electron chi connectivity index (χ2n) is 7.02. The average molecular weight is 417 g/mol. The maximum Gasteiger partial charge on any atom is 0.174 e. The van der Waals surface area contributed by atoms with Gasteiger partial charge in [-0.3, -0.25) is 4.68 Å². The number of nitrogens with zero attached hydrogens (tertiary/aromatic N) is 7. The number of aryl methyl sites for hydroxylation is 3. The van der Waals surface area contributed by atoms with Crippen molar-refractivity contribution >= 4 is 23.3 Å². The topological polar surface area (TPSA) is 116 Å². The van der Waals surface area contributed by atoms with Crippen LogP contribution < -0.4 is 15.4 Å². The lowest BCUT2D eigenvalue weighted by Crippen LogP contribution is -2.03. The molecule has 0 aliphatic rings. The fourth-order valence-corrected chi connectivity index (χ4v) is 3.15. The number of anilines is 4. The second kappa shape index (κ2) is 8.34. The highest BCUT2D eigenvalue weighted by atomic mass is 16.5. The van der Waals surface area contributed by atoms with E-state index in [4.69, 9.17) is 4.74 Å². The summed E-state index contributed by atoms with van der Waals surface area (Å²) in [5.74, 6) is 3.66. The fraction of sp³-hybridized carbons (Fsp3) is 0.238. The van der Waals surface area contributed by atoms with Crippen LogP contribution in [0.5, 0.6) is 5.75 Å². The van der Waals surface area contributed by atoms with Crippen LogP contribution in [0.4, 0.5) is 23.3 Å². The van der Waals surface area contributed by atoms with Gasteiger partial charge >= 0.3 is 0 Å². The zero-order valence-electron chi connectivity index (χ0n) is 18.0. The van der Waals surface area contributed by atoms with E-state index in [9.17, 15) is 0 Å². The van der Waals surface area contributed by atoms with Crippen LogP contribution in [0.15, 0.2) is 36.9 Å². The Balaban J connectivity index is 1.57. The maximum atomic E-state index is 5.55. The molecule has 0 saturated heterocycles.